The van der Waals surface area contributed by atoms with Crippen molar-refractivity contribution in [1.82, 2.24) is 4.57 Å². The number of carbonyl (C=O) groups excluding carboxylic acids is 1. The van der Waals surface area contributed by atoms with Crippen molar-refractivity contribution < 1.29 is 4.79 Å². The lowest BCUT2D eigenvalue weighted by atomic mass is 10.1. The first-order chi connectivity index (χ1) is 8.67. The number of nitriles is 1. The zero-order chi connectivity index (χ0) is 13.1. The van der Waals surface area contributed by atoms with E-state index in [1.54, 1.807) is 0 Å². The Morgan fingerprint density at radius 1 is 1.50 bits per heavy atom. The number of aryl methyl sites for hydroxylation is 1. The molecule has 0 unspecified atom stereocenters. The van der Waals surface area contributed by atoms with Crippen molar-refractivity contribution in [1.29, 1.82) is 5.26 Å². The van der Waals surface area contributed by atoms with Crippen molar-refractivity contribution in [2.75, 3.05) is 0 Å². The first kappa shape index (κ1) is 11.9. The molecule has 2 aromatic rings. The van der Waals surface area contributed by atoms with Gasteiger partial charge < -0.3 is 10.3 Å². The number of hydrogen-bond donors (Lipinski definition) is 1. The van der Waals surface area contributed by atoms with Crippen molar-refractivity contribution in [3.63, 3.8) is 0 Å². The number of nitrogens with zero attached hydrogens (tertiary/aromatic N) is 2. The standard InChI is InChI=1S/C14H13N3O/c1-2-17-9-11(7-10(8-15)14(16)18)12-5-3-4-6-13(12)17/h3-7,9H,2H2,1H3,(H2,16,18)/b10-7-. The average molecular weight is 239 g/mol. The fourth-order valence-corrected chi connectivity index (χ4v) is 1.97. The molecule has 0 atom stereocenters. The van der Waals surface area contributed by atoms with E-state index in [0.29, 0.717) is 0 Å². The number of amides is 1. The Kier molecular flexibility index (Phi) is 3.16. The average Bonchev–Trinajstić information content (AvgIpc) is 2.74. The third-order valence-corrected chi connectivity index (χ3v) is 2.85. The summed E-state index contributed by atoms with van der Waals surface area (Å²) >= 11 is 0. The number of carbonyl (C=O) groups is 1. The van der Waals surface area contributed by atoms with Gasteiger partial charge in [0.25, 0.3) is 5.91 Å². The maximum absolute atomic E-state index is 11.1. The van der Waals surface area contributed by atoms with Gasteiger partial charge in [-0.1, -0.05) is 18.2 Å². The lowest BCUT2D eigenvalue weighted by Crippen LogP contribution is -2.12. The SMILES string of the molecule is CCn1cc(/C=C(/C#N)C(N)=O)c2ccccc21. The Labute approximate surface area is 105 Å². The molecule has 4 nitrogen and oxygen atoms in total. The summed E-state index contributed by atoms with van der Waals surface area (Å²) in [5.74, 6) is -0.703. The molecule has 1 heterocycles. The summed E-state index contributed by atoms with van der Waals surface area (Å²) in [4.78, 5) is 11.1. The van der Waals surface area contributed by atoms with Crippen LogP contribution in [0, 0.1) is 11.3 Å². The van der Waals surface area contributed by atoms with Crippen LogP contribution < -0.4 is 5.73 Å². The Bertz CT molecular complexity index is 674. The highest BCUT2D eigenvalue weighted by molar-refractivity contribution is 6.03. The number of para-hydroxylation sites is 1. The second-order valence-corrected chi connectivity index (χ2v) is 3.92. The molecule has 0 fully saturated rings. The molecule has 1 amide bonds. The summed E-state index contributed by atoms with van der Waals surface area (Å²) in [6, 6.07) is 9.67. The number of primary amides is 1. The van der Waals surface area contributed by atoms with Gasteiger partial charge in [0.2, 0.25) is 0 Å². The predicted octanol–water partition coefficient (Wildman–Crippen LogP) is 2.05. The van der Waals surface area contributed by atoms with Crippen LogP contribution in [0.4, 0.5) is 0 Å². The van der Waals surface area contributed by atoms with E-state index in [-0.39, 0.29) is 5.57 Å². The number of rotatable bonds is 3. The van der Waals surface area contributed by atoms with Crippen LogP contribution in [0.1, 0.15) is 12.5 Å². The van der Waals surface area contributed by atoms with Crippen LogP contribution in [0.25, 0.3) is 17.0 Å². The summed E-state index contributed by atoms with van der Waals surface area (Å²) in [6.45, 7) is 2.87. The molecule has 4 heteroatoms. The molecule has 0 aliphatic rings. The van der Waals surface area contributed by atoms with E-state index in [1.165, 1.54) is 6.08 Å². The van der Waals surface area contributed by atoms with Gasteiger partial charge in [-0.15, -0.1) is 0 Å². The zero-order valence-corrected chi connectivity index (χ0v) is 10.1. The summed E-state index contributed by atoms with van der Waals surface area (Å²) in [7, 11) is 0. The second-order valence-electron chi connectivity index (χ2n) is 3.92. The molecule has 0 saturated carbocycles. The van der Waals surface area contributed by atoms with E-state index in [4.69, 9.17) is 11.0 Å². The molecule has 1 aromatic carbocycles. The van der Waals surface area contributed by atoms with Crippen LogP contribution in [0.15, 0.2) is 36.0 Å². The smallest absolute Gasteiger partial charge is 0.259 e. The third-order valence-electron chi connectivity index (χ3n) is 2.85. The number of hydrogen-bond acceptors (Lipinski definition) is 2. The van der Waals surface area contributed by atoms with Crippen LogP contribution in [0.5, 0.6) is 0 Å². The molecule has 2 rings (SSSR count). The molecule has 0 radical (unpaired) electrons. The van der Waals surface area contributed by atoms with Crippen LogP contribution in [-0.2, 0) is 11.3 Å². The minimum Gasteiger partial charge on any atom is -0.365 e. The monoisotopic (exact) mass is 239 g/mol. The van der Waals surface area contributed by atoms with Gasteiger partial charge >= 0.3 is 0 Å². The van der Waals surface area contributed by atoms with Crippen molar-refractivity contribution in [2.24, 2.45) is 5.73 Å². The van der Waals surface area contributed by atoms with E-state index in [9.17, 15) is 4.79 Å². The summed E-state index contributed by atoms with van der Waals surface area (Å²) in [5.41, 5.74) is 7.02. The van der Waals surface area contributed by atoms with E-state index >= 15 is 0 Å². The topological polar surface area (TPSA) is 71.8 Å². The van der Waals surface area contributed by atoms with Crippen molar-refractivity contribution in [2.45, 2.75) is 13.5 Å². The van der Waals surface area contributed by atoms with Crippen molar-refractivity contribution in [3.8, 4) is 6.07 Å². The molecule has 1 aromatic heterocycles. The van der Waals surface area contributed by atoms with Crippen molar-refractivity contribution >= 4 is 22.9 Å². The van der Waals surface area contributed by atoms with Crippen LogP contribution in [0.3, 0.4) is 0 Å². The molecule has 2 N–H and O–H groups in total. The zero-order valence-electron chi connectivity index (χ0n) is 10.1. The number of benzene rings is 1. The maximum atomic E-state index is 11.1. The van der Waals surface area contributed by atoms with Gasteiger partial charge in [-0.25, -0.2) is 0 Å². The Hall–Kier alpha value is -2.54. The Balaban J connectivity index is 2.66. The molecule has 0 aliphatic carbocycles. The number of nitrogens with two attached hydrogens (primary N) is 1. The van der Waals surface area contributed by atoms with E-state index in [0.717, 1.165) is 23.0 Å². The quantitative estimate of drug-likeness (QED) is 0.657. The van der Waals surface area contributed by atoms with E-state index in [2.05, 4.69) is 4.57 Å². The molecular weight excluding hydrogens is 226 g/mol. The summed E-state index contributed by atoms with van der Waals surface area (Å²) in [6.07, 6.45) is 3.46. The first-order valence-electron chi connectivity index (χ1n) is 5.66. The highest BCUT2D eigenvalue weighted by atomic mass is 16.1. The normalized spacial score (nSPS) is 11.4. The highest BCUT2D eigenvalue weighted by Crippen LogP contribution is 2.23. The van der Waals surface area contributed by atoms with Gasteiger partial charge in [-0.2, -0.15) is 5.26 Å². The molecular formula is C14H13N3O. The van der Waals surface area contributed by atoms with Crippen LogP contribution in [-0.4, -0.2) is 10.5 Å². The van der Waals surface area contributed by atoms with Crippen molar-refractivity contribution in [3.05, 3.63) is 41.6 Å². The third kappa shape index (κ3) is 1.98. The van der Waals surface area contributed by atoms with Crippen LogP contribution >= 0.6 is 0 Å². The first-order valence-corrected chi connectivity index (χ1v) is 5.66. The molecule has 0 bridgehead atoms. The van der Waals surface area contributed by atoms with Gasteiger partial charge in [0, 0.05) is 29.2 Å². The minimum absolute atomic E-state index is 0.0333. The second kappa shape index (κ2) is 4.76. The van der Waals surface area contributed by atoms with Gasteiger partial charge in [-0.05, 0) is 19.1 Å². The summed E-state index contributed by atoms with van der Waals surface area (Å²) in [5, 5.41) is 9.88. The van der Waals surface area contributed by atoms with E-state index < -0.39 is 5.91 Å². The lowest BCUT2D eigenvalue weighted by Gasteiger charge is -1.97. The highest BCUT2D eigenvalue weighted by Gasteiger charge is 2.08. The molecule has 90 valence electrons. The predicted molar refractivity (Wildman–Crippen MR) is 70.4 cm³/mol. The fraction of sp³-hybridized carbons (Fsp3) is 0.143. The molecule has 0 spiro atoms. The molecule has 0 saturated heterocycles. The fourth-order valence-electron chi connectivity index (χ4n) is 1.97. The Morgan fingerprint density at radius 2 is 2.22 bits per heavy atom. The van der Waals surface area contributed by atoms with Gasteiger partial charge in [0.05, 0.1) is 0 Å². The summed E-state index contributed by atoms with van der Waals surface area (Å²) < 4.78 is 2.07. The molecule has 18 heavy (non-hydrogen) atoms. The van der Waals surface area contributed by atoms with Crippen LogP contribution in [0.2, 0.25) is 0 Å². The number of aromatic nitrogens is 1. The Morgan fingerprint density at radius 3 is 2.83 bits per heavy atom. The number of fused-ring (bicyclic) bond motifs is 1. The largest absolute Gasteiger partial charge is 0.365 e. The maximum Gasteiger partial charge on any atom is 0.259 e. The van der Waals surface area contributed by atoms with Gasteiger partial charge in [-0.3, -0.25) is 4.79 Å². The minimum atomic E-state index is -0.703. The van der Waals surface area contributed by atoms with Gasteiger partial charge in [0.15, 0.2) is 0 Å². The lowest BCUT2D eigenvalue weighted by molar-refractivity contribution is -0.114. The van der Waals surface area contributed by atoms with Gasteiger partial charge in [0.1, 0.15) is 11.6 Å². The molecule has 0 aliphatic heterocycles. The van der Waals surface area contributed by atoms with E-state index in [1.807, 2.05) is 43.5 Å².